The van der Waals surface area contributed by atoms with Crippen LogP contribution < -0.4 is 10.6 Å². The first-order valence-corrected chi connectivity index (χ1v) is 5.97. The highest BCUT2D eigenvalue weighted by Crippen LogP contribution is 2.28. The topological polar surface area (TPSA) is 55.0 Å². The van der Waals surface area contributed by atoms with Crippen LogP contribution in [0.3, 0.4) is 0 Å². The maximum Gasteiger partial charge on any atom is 0.134 e. The van der Waals surface area contributed by atoms with Crippen molar-refractivity contribution in [1.82, 2.24) is 9.97 Å². The molecule has 1 fully saturated rings. The van der Waals surface area contributed by atoms with Crippen molar-refractivity contribution in [1.29, 1.82) is 0 Å². The molecule has 88 valence electrons. The molecule has 0 aromatic carbocycles. The zero-order valence-corrected chi connectivity index (χ0v) is 10.3. The molecule has 16 heavy (non-hydrogen) atoms. The van der Waals surface area contributed by atoms with Gasteiger partial charge in [-0.25, -0.2) is 9.97 Å². The molecule has 0 aliphatic carbocycles. The van der Waals surface area contributed by atoms with E-state index in [-0.39, 0.29) is 0 Å². The molecule has 1 aromatic heterocycles. The molecule has 0 saturated carbocycles. The molecule has 4 heteroatoms. The van der Waals surface area contributed by atoms with E-state index in [0.29, 0.717) is 17.9 Å². The smallest absolute Gasteiger partial charge is 0.134 e. The second-order valence-corrected chi connectivity index (χ2v) is 4.73. The molecule has 0 spiro atoms. The summed E-state index contributed by atoms with van der Waals surface area (Å²) in [7, 11) is 0. The fraction of sp³-hybridized carbons (Fsp3) is 0.667. The molecule has 2 rings (SSSR count). The first kappa shape index (κ1) is 11.2. The summed E-state index contributed by atoms with van der Waals surface area (Å²) < 4.78 is 0. The van der Waals surface area contributed by atoms with Crippen molar-refractivity contribution in [2.24, 2.45) is 0 Å². The van der Waals surface area contributed by atoms with Gasteiger partial charge >= 0.3 is 0 Å². The lowest BCUT2D eigenvalue weighted by Crippen LogP contribution is -2.44. The van der Waals surface area contributed by atoms with Gasteiger partial charge in [-0.15, -0.1) is 0 Å². The van der Waals surface area contributed by atoms with E-state index in [1.54, 1.807) is 0 Å². The lowest BCUT2D eigenvalue weighted by molar-refractivity contribution is 0.411. The lowest BCUT2D eigenvalue weighted by atomic mass is 9.97. The number of hydrogen-bond donors (Lipinski definition) is 1. The van der Waals surface area contributed by atoms with Crippen molar-refractivity contribution in [2.45, 2.75) is 52.1 Å². The van der Waals surface area contributed by atoms with Crippen LogP contribution in [-0.4, -0.2) is 22.1 Å². The third-order valence-corrected chi connectivity index (χ3v) is 3.30. The largest absolute Gasteiger partial charge is 0.384 e. The first-order valence-electron chi connectivity index (χ1n) is 5.97. The van der Waals surface area contributed by atoms with E-state index in [0.717, 1.165) is 11.6 Å². The molecule has 4 nitrogen and oxygen atoms in total. The van der Waals surface area contributed by atoms with Gasteiger partial charge in [0, 0.05) is 18.2 Å². The predicted octanol–water partition coefficient (Wildman–Crippen LogP) is 2.13. The van der Waals surface area contributed by atoms with Gasteiger partial charge < -0.3 is 10.6 Å². The van der Waals surface area contributed by atoms with Crippen molar-refractivity contribution in [3.63, 3.8) is 0 Å². The molecule has 2 N–H and O–H groups in total. The van der Waals surface area contributed by atoms with Crippen LogP contribution in [-0.2, 0) is 0 Å². The van der Waals surface area contributed by atoms with Crippen molar-refractivity contribution >= 4 is 11.6 Å². The van der Waals surface area contributed by atoms with Gasteiger partial charge in [-0.2, -0.15) is 0 Å². The number of nitrogens with zero attached hydrogens (tertiary/aromatic N) is 3. The van der Waals surface area contributed by atoms with Crippen LogP contribution in [0, 0.1) is 6.92 Å². The average Bonchev–Trinajstić information content (AvgIpc) is 2.15. The number of piperidine rings is 1. The van der Waals surface area contributed by atoms with Crippen LogP contribution in [0.4, 0.5) is 11.6 Å². The third-order valence-electron chi connectivity index (χ3n) is 3.30. The maximum absolute atomic E-state index is 5.78. The number of hydrogen-bond acceptors (Lipinski definition) is 4. The summed E-state index contributed by atoms with van der Waals surface area (Å²) in [6, 6.07) is 2.96. The highest BCUT2D eigenvalue weighted by atomic mass is 15.2. The first-order chi connectivity index (χ1) is 7.58. The van der Waals surface area contributed by atoms with Crippen LogP contribution in [0.2, 0.25) is 0 Å². The van der Waals surface area contributed by atoms with Gasteiger partial charge in [-0.3, -0.25) is 0 Å². The summed E-state index contributed by atoms with van der Waals surface area (Å²) in [5, 5.41) is 0. The van der Waals surface area contributed by atoms with E-state index in [2.05, 4.69) is 28.7 Å². The quantitative estimate of drug-likeness (QED) is 0.787. The molecule has 0 amide bonds. The van der Waals surface area contributed by atoms with Crippen LogP contribution in [0.1, 0.15) is 38.9 Å². The summed E-state index contributed by atoms with van der Waals surface area (Å²) in [6.45, 7) is 6.39. The molecule has 1 aromatic rings. The van der Waals surface area contributed by atoms with Crippen molar-refractivity contribution in [3.05, 3.63) is 11.9 Å². The second-order valence-electron chi connectivity index (χ2n) is 4.73. The Balaban J connectivity index is 2.33. The Morgan fingerprint density at radius 2 is 1.88 bits per heavy atom. The molecule has 1 aliphatic rings. The Kier molecular flexibility index (Phi) is 2.99. The Morgan fingerprint density at radius 3 is 2.44 bits per heavy atom. The SMILES string of the molecule is Cc1nc(N)cc(N2[C@H](C)CCC[C@H]2C)n1. The molecule has 2 heterocycles. The zero-order chi connectivity index (χ0) is 11.7. The molecule has 1 saturated heterocycles. The minimum Gasteiger partial charge on any atom is -0.384 e. The van der Waals surface area contributed by atoms with E-state index in [1.807, 2.05) is 13.0 Å². The number of nitrogens with two attached hydrogens (primary N) is 1. The number of rotatable bonds is 1. The molecular formula is C12H20N4. The van der Waals surface area contributed by atoms with Crippen LogP contribution in [0.25, 0.3) is 0 Å². The molecule has 1 aliphatic heterocycles. The fourth-order valence-corrected chi connectivity index (χ4v) is 2.58. The van der Waals surface area contributed by atoms with E-state index in [1.165, 1.54) is 19.3 Å². The number of nitrogen functional groups attached to an aromatic ring is 1. The van der Waals surface area contributed by atoms with Gasteiger partial charge in [0.25, 0.3) is 0 Å². The normalized spacial score (nSPS) is 25.8. The van der Waals surface area contributed by atoms with Crippen molar-refractivity contribution < 1.29 is 0 Å². The van der Waals surface area contributed by atoms with E-state index >= 15 is 0 Å². The maximum atomic E-state index is 5.78. The molecule has 0 bridgehead atoms. The van der Waals surface area contributed by atoms with Gasteiger partial charge in [0.1, 0.15) is 17.5 Å². The summed E-state index contributed by atoms with van der Waals surface area (Å²) >= 11 is 0. The minimum absolute atomic E-state index is 0.539. The predicted molar refractivity (Wildman–Crippen MR) is 66.4 cm³/mol. The van der Waals surface area contributed by atoms with E-state index in [4.69, 9.17) is 5.73 Å². The minimum atomic E-state index is 0.539. The molecular weight excluding hydrogens is 200 g/mol. The highest BCUT2D eigenvalue weighted by molar-refractivity contribution is 5.48. The highest BCUT2D eigenvalue weighted by Gasteiger charge is 2.26. The number of anilines is 2. The fourth-order valence-electron chi connectivity index (χ4n) is 2.58. The Morgan fingerprint density at radius 1 is 1.25 bits per heavy atom. The van der Waals surface area contributed by atoms with E-state index in [9.17, 15) is 0 Å². The van der Waals surface area contributed by atoms with Crippen molar-refractivity contribution in [3.8, 4) is 0 Å². The van der Waals surface area contributed by atoms with Gasteiger partial charge in [0.2, 0.25) is 0 Å². The second kappa shape index (κ2) is 4.28. The van der Waals surface area contributed by atoms with Crippen LogP contribution >= 0.6 is 0 Å². The lowest BCUT2D eigenvalue weighted by Gasteiger charge is -2.40. The van der Waals surface area contributed by atoms with Gasteiger partial charge in [0.15, 0.2) is 0 Å². The Bertz CT molecular complexity index is 347. The van der Waals surface area contributed by atoms with E-state index < -0.39 is 0 Å². The third kappa shape index (κ3) is 2.10. The average molecular weight is 220 g/mol. The standard InChI is InChI=1S/C12H20N4/c1-8-5-4-6-9(2)16(8)12-7-11(13)14-10(3)15-12/h7-9H,4-6H2,1-3H3,(H2,13,14,15)/t8-,9-/m1/s1. The van der Waals surface area contributed by atoms with Crippen LogP contribution in [0.5, 0.6) is 0 Å². The molecule has 0 radical (unpaired) electrons. The molecule has 2 atom stereocenters. The summed E-state index contributed by atoms with van der Waals surface area (Å²) in [4.78, 5) is 11.0. The molecule has 0 unspecified atom stereocenters. The summed E-state index contributed by atoms with van der Waals surface area (Å²) in [5.41, 5.74) is 5.78. The van der Waals surface area contributed by atoms with Gasteiger partial charge in [0.05, 0.1) is 0 Å². The van der Waals surface area contributed by atoms with Crippen LogP contribution in [0.15, 0.2) is 6.07 Å². The van der Waals surface area contributed by atoms with Gasteiger partial charge in [-0.1, -0.05) is 0 Å². The number of aryl methyl sites for hydroxylation is 1. The Labute approximate surface area is 96.9 Å². The Hall–Kier alpha value is -1.32. The zero-order valence-electron chi connectivity index (χ0n) is 10.3. The van der Waals surface area contributed by atoms with Crippen molar-refractivity contribution in [2.75, 3.05) is 10.6 Å². The number of aromatic nitrogens is 2. The summed E-state index contributed by atoms with van der Waals surface area (Å²) in [6.07, 6.45) is 3.76. The monoisotopic (exact) mass is 220 g/mol. The van der Waals surface area contributed by atoms with Gasteiger partial charge in [-0.05, 0) is 40.0 Å². The summed E-state index contributed by atoms with van der Waals surface area (Å²) in [5.74, 6) is 2.29.